The van der Waals surface area contributed by atoms with Crippen LogP contribution < -0.4 is 10.1 Å². The lowest BCUT2D eigenvalue weighted by molar-refractivity contribution is -0.122. The second kappa shape index (κ2) is 6.98. The van der Waals surface area contributed by atoms with Crippen LogP contribution in [0.2, 0.25) is 0 Å². The number of piperidine rings is 1. The molecule has 0 unspecified atom stereocenters. The van der Waals surface area contributed by atoms with Crippen molar-refractivity contribution in [3.05, 3.63) is 52.0 Å². The summed E-state index contributed by atoms with van der Waals surface area (Å²) in [4.78, 5) is 17.2. The number of halogens is 1. The molecule has 1 fully saturated rings. The maximum Gasteiger partial charge on any atom is 0.251 e. The minimum atomic E-state index is -0.239. The van der Waals surface area contributed by atoms with Crippen LogP contribution in [0, 0.1) is 11.7 Å². The van der Waals surface area contributed by atoms with Crippen molar-refractivity contribution in [1.82, 2.24) is 9.88 Å². The summed E-state index contributed by atoms with van der Waals surface area (Å²) in [5.41, 5.74) is 0.594. The van der Waals surface area contributed by atoms with Gasteiger partial charge in [0.05, 0.1) is 6.54 Å². The van der Waals surface area contributed by atoms with Crippen molar-refractivity contribution in [2.75, 3.05) is 13.1 Å². The Morgan fingerprint density at radius 1 is 1.36 bits per heavy atom. The first kappa shape index (κ1) is 15.1. The summed E-state index contributed by atoms with van der Waals surface area (Å²) >= 11 is 1.40. The molecule has 6 heteroatoms. The van der Waals surface area contributed by atoms with Crippen LogP contribution in [0.3, 0.4) is 0 Å². The van der Waals surface area contributed by atoms with Crippen molar-refractivity contribution < 1.29 is 9.18 Å². The molecule has 22 heavy (non-hydrogen) atoms. The number of carbonyl (C=O) groups is 1. The Labute approximate surface area is 132 Å². The molecule has 1 aliphatic rings. The fourth-order valence-corrected chi connectivity index (χ4v) is 3.30. The minimum absolute atomic E-state index is 0.00487. The molecule has 0 spiro atoms. The molecule has 1 aromatic heterocycles. The van der Waals surface area contributed by atoms with E-state index in [0.29, 0.717) is 16.9 Å². The van der Waals surface area contributed by atoms with E-state index in [1.165, 1.54) is 17.4 Å². The third kappa shape index (κ3) is 3.51. The summed E-state index contributed by atoms with van der Waals surface area (Å²) in [6, 6.07) is 6.67. The maximum atomic E-state index is 13.8. The average molecular weight is 319 g/mol. The van der Waals surface area contributed by atoms with E-state index >= 15 is 0 Å². The number of amides is 1. The molecule has 0 aliphatic carbocycles. The van der Waals surface area contributed by atoms with E-state index in [2.05, 4.69) is 10.3 Å². The number of rotatable bonds is 3. The number of nitrogens with zero attached hydrogens (tertiary/aromatic N) is 2. The van der Waals surface area contributed by atoms with Crippen LogP contribution in [0.4, 0.5) is 4.39 Å². The molecule has 4 nitrogen and oxygen atoms in total. The molecule has 3 rings (SSSR count). The first-order valence-corrected chi connectivity index (χ1v) is 8.28. The van der Waals surface area contributed by atoms with E-state index in [1.54, 1.807) is 12.1 Å². The molecule has 1 aromatic carbocycles. The quantitative estimate of drug-likeness (QED) is 0.942. The summed E-state index contributed by atoms with van der Waals surface area (Å²) in [6.45, 7) is 2.12. The molecule has 1 amide bonds. The number of hydrogen-bond donors (Lipinski definition) is 1. The number of aromatic nitrogens is 1. The normalized spacial score (nSPS) is 16.9. The summed E-state index contributed by atoms with van der Waals surface area (Å²) in [5, 5.41) is 5.11. The zero-order valence-electron chi connectivity index (χ0n) is 12.2. The van der Waals surface area contributed by atoms with Crippen LogP contribution in [-0.4, -0.2) is 23.6 Å². The van der Waals surface area contributed by atoms with Gasteiger partial charge in [0, 0.05) is 23.1 Å². The maximum absolute atomic E-state index is 13.8. The van der Waals surface area contributed by atoms with Gasteiger partial charge in [-0.1, -0.05) is 18.2 Å². The minimum Gasteiger partial charge on any atom is -0.319 e. The van der Waals surface area contributed by atoms with Crippen LogP contribution in [0.15, 0.2) is 40.8 Å². The van der Waals surface area contributed by atoms with Gasteiger partial charge in [-0.15, -0.1) is 11.3 Å². The second-order valence-electron chi connectivity index (χ2n) is 5.38. The fraction of sp³-hybridized carbons (Fsp3) is 0.375. The van der Waals surface area contributed by atoms with Gasteiger partial charge in [-0.25, -0.2) is 4.39 Å². The van der Waals surface area contributed by atoms with Crippen molar-refractivity contribution >= 4 is 17.2 Å². The Morgan fingerprint density at radius 3 is 2.91 bits per heavy atom. The molecule has 0 atom stereocenters. The van der Waals surface area contributed by atoms with Crippen molar-refractivity contribution in [1.29, 1.82) is 0 Å². The predicted molar refractivity (Wildman–Crippen MR) is 84.0 cm³/mol. The highest BCUT2D eigenvalue weighted by Crippen LogP contribution is 2.13. The van der Waals surface area contributed by atoms with Gasteiger partial charge < -0.3 is 9.88 Å². The average Bonchev–Trinajstić information content (AvgIpc) is 2.97. The van der Waals surface area contributed by atoms with E-state index in [4.69, 9.17) is 0 Å². The standard InChI is InChI=1S/C16H18FN3OS/c17-14-4-2-1-3-13(14)11-20-9-10-22-16(20)19-15(21)12-5-7-18-8-6-12/h1-4,9-10,12,18H,5-8,11H2. The van der Waals surface area contributed by atoms with E-state index in [0.717, 1.165) is 25.9 Å². The van der Waals surface area contributed by atoms with E-state index in [1.807, 2.05) is 22.2 Å². The zero-order valence-corrected chi connectivity index (χ0v) is 13.0. The molecular formula is C16H18FN3OS. The van der Waals surface area contributed by atoms with Crippen molar-refractivity contribution in [3.8, 4) is 0 Å². The number of benzene rings is 1. The Morgan fingerprint density at radius 2 is 2.14 bits per heavy atom. The fourth-order valence-electron chi connectivity index (χ4n) is 2.57. The largest absolute Gasteiger partial charge is 0.319 e. The van der Waals surface area contributed by atoms with Crippen molar-refractivity contribution in [2.45, 2.75) is 19.4 Å². The Hall–Kier alpha value is -1.79. The topological polar surface area (TPSA) is 46.4 Å². The first-order chi connectivity index (χ1) is 10.7. The third-order valence-electron chi connectivity index (χ3n) is 3.85. The zero-order chi connectivity index (χ0) is 15.4. The van der Waals surface area contributed by atoms with Crippen molar-refractivity contribution in [3.63, 3.8) is 0 Å². The molecule has 0 saturated carbocycles. The third-order valence-corrected chi connectivity index (χ3v) is 4.65. The SMILES string of the molecule is O=C(N=c1sccn1Cc1ccccc1F)C1CCNCC1. The van der Waals surface area contributed by atoms with E-state index < -0.39 is 0 Å². The first-order valence-electron chi connectivity index (χ1n) is 7.40. The van der Waals surface area contributed by atoms with Gasteiger partial charge in [0.1, 0.15) is 5.82 Å². The van der Waals surface area contributed by atoms with Crippen molar-refractivity contribution in [2.24, 2.45) is 10.9 Å². The van der Waals surface area contributed by atoms with Gasteiger partial charge in [-0.05, 0) is 32.0 Å². The Bertz CT molecular complexity index is 716. The molecule has 0 bridgehead atoms. The number of nitrogens with one attached hydrogen (secondary N) is 1. The smallest absolute Gasteiger partial charge is 0.251 e. The molecule has 2 heterocycles. The molecular weight excluding hydrogens is 301 g/mol. The lowest BCUT2D eigenvalue weighted by atomic mass is 9.98. The Balaban J connectivity index is 1.81. The molecule has 0 radical (unpaired) electrons. The van der Waals surface area contributed by atoms with Crippen LogP contribution in [-0.2, 0) is 11.3 Å². The number of hydrogen-bond acceptors (Lipinski definition) is 3. The van der Waals surface area contributed by atoms with Crippen LogP contribution >= 0.6 is 11.3 Å². The lowest BCUT2D eigenvalue weighted by Gasteiger charge is -2.19. The van der Waals surface area contributed by atoms with E-state index in [-0.39, 0.29) is 17.6 Å². The lowest BCUT2D eigenvalue weighted by Crippen LogP contribution is -2.32. The number of thiazole rings is 1. The number of carbonyl (C=O) groups excluding carboxylic acids is 1. The van der Waals surface area contributed by atoms with Gasteiger partial charge in [0.25, 0.3) is 5.91 Å². The van der Waals surface area contributed by atoms with Crippen LogP contribution in [0.1, 0.15) is 18.4 Å². The molecule has 2 aromatic rings. The Kier molecular flexibility index (Phi) is 4.80. The predicted octanol–water partition coefficient (Wildman–Crippen LogP) is 2.16. The highest BCUT2D eigenvalue weighted by Gasteiger charge is 2.20. The molecule has 116 valence electrons. The molecule has 1 aliphatic heterocycles. The van der Waals surface area contributed by atoms with Gasteiger partial charge in [0.2, 0.25) is 0 Å². The van der Waals surface area contributed by atoms with Crippen LogP contribution in [0.5, 0.6) is 0 Å². The summed E-state index contributed by atoms with van der Waals surface area (Å²) in [6.07, 6.45) is 3.51. The van der Waals surface area contributed by atoms with E-state index in [9.17, 15) is 9.18 Å². The summed E-state index contributed by atoms with van der Waals surface area (Å²) in [5.74, 6) is -0.298. The summed E-state index contributed by atoms with van der Waals surface area (Å²) in [7, 11) is 0. The van der Waals surface area contributed by atoms with Gasteiger partial charge in [-0.3, -0.25) is 4.79 Å². The highest BCUT2D eigenvalue weighted by atomic mass is 32.1. The second-order valence-corrected chi connectivity index (χ2v) is 6.25. The van der Waals surface area contributed by atoms with Gasteiger partial charge >= 0.3 is 0 Å². The van der Waals surface area contributed by atoms with Crippen LogP contribution in [0.25, 0.3) is 0 Å². The summed E-state index contributed by atoms with van der Waals surface area (Å²) < 4.78 is 15.6. The van der Waals surface area contributed by atoms with Gasteiger partial charge in [0.15, 0.2) is 4.80 Å². The van der Waals surface area contributed by atoms with Gasteiger partial charge in [-0.2, -0.15) is 4.99 Å². The monoisotopic (exact) mass is 319 g/mol. The molecule has 1 saturated heterocycles. The molecule has 1 N–H and O–H groups in total. The highest BCUT2D eigenvalue weighted by molar-refractivity contribution is 7.07.